The van der Waals surface area contributed by atoms with E-state index in [2.05, 4.69) is 173 Å². The first-order valence-corrected chi connectivity index (χ1v) is 20.6. The lowest BCUT2D eigenvalue weighted by Crippen LogP contribution is -1.97. The second-order valence-corrected chi connectivity index (χ2v) is 15.5. The summed E-state index contributed by atoms with van der Waals surface area (Å²) in [5, 5.41) is 5.69. The lowest BCUT2D eigenvalue weighted by atomic mass is 9.96. The third kappa shape index (κ3) is 5.67. The molecule has 12 rings (SSSR count). The molecule has 12 aromatic rings. The van der Waals surface area contributed by atoms with E-state index in [0.717, 1.165) is 88.9 Å². The second kappa shape index (κ2) is 13.9. The van der Waals surface area contributed by atoms with Gasteiger partial charge in [0.2, 0.25) is 0 Å². The predicted molar refractivity (Wildman–Crippen MR) is 247 cm³/mol. The SMILES string of the molecule is c1ccc(-c2nc(-c3ccc(-n4c5ccccc5c5ccccc54)cc3)cc(-c3cccc(-c4ccc5c(c4)nc(-c4ccccc4)c4ccc6nsnc6c45)c3)n2)cc1. The molecule has 60 heavy (non-hydrogen) atoms. The number of aromatic nitrogens is 6. The fourth-order valence-corrected chi connectivity index (χ4v) is 9.18. The Kier molecular flexibility index (Phi) is 7.92. The molecule has 0 aliphatic heterocycles. The molecular formula is C53H32N6S. The van der Waals surface area contributed by atoms with Gasteiger partial charge in [0.1, 0.15) is 11.0 Å². The highest BCUT2D eigenvalue weighted by Crippen LogP contribution is 2.39. The average Bonchev–Trinajstić information content (AvgIpc) is 3.95. The van der Waals surface area contributed by atoms with Crippen LogP contribution in [-0.4, -0.2) is 28.3 Å². The Morgan fingerprint density at radius 2 is 0.967 bits per heavy atom. The van der Waals surface area contributed by atoms with Gasteiger partial charge in [-0.3, -0.25) is 0 Å². The first kappa shape index (κ1) is 34.2. The van der Waals surface area contributed by atoms with Crippen LogP contribution in [0.5, 0.6) is 0 Å². The van der Waals surface area contributed by atoms with Gasteiger partial charge in [0.25, 0.3) is 0 Å². The van der Waals surface area contributed by atoms with Crippen molar-refractivity contribution in [1.82, 2.24) is 28.3 Å². The maximum absolute atomic E-state index is 5.31. The summed E-state index contributed by atoms with van der Waals surface area (Å²) < 4.78 is 11.6. The maximum Gasteiger partial charge on any atom is 0.160 e. The zero-order valence-electron chi connectivity index (χ0n) is 32.1. The number of nitrogens with zero attached hydrogens (tertiary/aromatic N) is 6. The summed E-state index contributed by atoms with van der Waals surface area (Å²) in [7, 11) is 0. The Morgan fingerprint density at radius 1 is 0.367 bits per heavy atom. The minimum absolute atomic E-state index is 0.679. The van der Waals surface area contributed by atoms with E-state index in [1.54, 1.807) is 0 Å². The fraction of sp³-hybridized carbons (Fsp3) is 0. The molecule has 0 fully saturated rings. The highest BCUT2D eigenvalue weighted by molar-refractivity contribution is 7.00. The summed E-state index contributed by atoms with van der Waals surface area (Å²) in [6.45, 7) is 0. The van der Waals surface area contributed by atoms with Gasteiger partial charge in [0.15, 0.2) is 5.82 Å². The molecule has 0 N–H and O–H groups in total. The third-order valence-electron chi connectivity index (χ3n) is 11.5. The van der Waals surface area contributed by atoms with Crippen molar-refractivity contribution in [2.24, 2.45) is 0 Å². The monoisotopic (exact) mass is 784 g/mol. The summed E-state index contributed by atoms with van der Waals surface area (Å²) in [6, 6.07) is 67.9. The number of benzene rings is 8. The number of hydrogen-bond acceptors (Lipinski definition) is 6. The Balaban J connectivity index is 0.971. The summed E-state index contributed by atoms with van der Waals surface area (Å²) in [5.74, 6) is 0.679. The quantitative estimate of drug-likeness (QED) is 0.157. The van der Waals surface area contributed by atoms with Crippen molar-refractivity contribution in [2.75, 3.05) is 0 Å². The summed E-state index contributed by atoms with van der Waals surface area (Å²) >= 11 is 1.25. The van der Waals surface area contributed by atoms with Crippen LogP contribution in [0.15, 0.2) is 194 Å². The van der Waals surface area contributed by atoms with Crippen LogP contribution in [0.3, 0.4) is 0 Å². The van der Waals surface area contributed by atoms with Crippen molar-refractivity contribution >= 4 is 66.2 Å². The van der Waals surface area contributed by atoms with Crippen LogP contribution in [0.25, 0.3) is 116 Å². The summed E-state index contributed by atoms with van der Waals surface area (Å²) in [4.78, 5) is 15.6. The smallest absolute Gasteiger partial charge is 0.160 e. The normalized spacial score (nSPS) is 11.7. The molecule has 0 atom stereocenters. The van der Waals surface area contributed by atoms with Crippen molar-refractivity contribution in [2.45, 2.75) is 0 Å². The van der Waals surface area contributed by atoms with Gasteiger partial charge >= 0.3 is 0 Å². The lowest BCUT2D eigenvalue weighted by molar-refractivity contribution is 1.17. The molecule has 0 saturated heterocycles. The molecule has 8 aromatic carbocycles. The van der Waals surface area contributed by atoms with E-state index in [-0.39, 0.29) is 0 Å². The van der Waals surface area contributed by atoms with Crippen molar-refractivity contribution < 1.29 is 0 Å². The number of pyridine rings is 1. The first-order chi connectivity index (χ1) is 29.7. The van der Waals surface area contributed by atoms with Gasteiger partial charge < -0.3 is 4.57 Å². The molecule has 4 heterocycles. The summed E-state index contributed by atoms with van der Waals surface area (Å²) in [6.07, 6.45) is 0. The molecule has 0 amide bonds. The molecule has 0 spiro atoms. The Labute approximate surface area is 349 Å². The van der Waals surface area contributed by atoms with Gasteiger partial charge in [0, 0.05) is 54.9 Å². The zero-order chi connectivity index (χ0) is 39.6. The molecule has 7 heteroatoms. The Bertz CT molecular complexity index is 3540. The number of rotatable bonds is 6. The maximum atomic E-state index is 5.31. The first-order valence-electron chi connectivity index (χ1n) is 19.9. The molecule has 280 valence electrons. The van der Waals surface area contributed by atoms with Crippen LogP contribution < -0.4 is 0 Å². The molecular weight excluding hydrogens is 753 g/mol. The molecule has 0 saturated carbocycles. The second-order valence-electron chi connectivity index (χ2n) is 15.0. The van der Waals surface area contributed by atoms with Crippen molar-refractivity contribution in [3.05, 3.63) is 194 Å². The molecule has 0 aliphatic carbocycles. The van der Waals surface area contributed by atoms with Crippen LogP contribution in [0, 0.1) is 0 Å². The van der Waals surface area contributed by atoms with Gasteiger partial charge in [-0.05, 0) is 65.7 Å². The van der Waals surface area contributed by atoms with Crippen LogP contribution in [0.2, 0.25) is 0 Å². The van der Waals surface area contributed by atoms with Gasteiger partial charge in [-0.2, -0.15) is 8.75 Å². The minimum atomic E-state index is 0.679. The highest BCUT2D eigenvalue weighted by atomic mass is 32.1. The largest absolute Gasteiger partial charge is 0.309 e. The van der Waals surface area contributed by atoms with Crippen LogP contribution in [0.1, 0.15) is 0 Å². The standard InChI is InChI=1S/C53H32N6S/c1-3-12-34(13-4-1)51-43-28-29-44-52(58-60-57-44)50(43)42-27-24-37(31-47(42)54-51)36-16-11-17-38(30-36)46-32-45(55-53(56-46)35-14-5-2-6-15-35)33-22-25-39(26-23-33)59-48-20-9-7-18-40(48)41-19-8-10-21-49(41)59/h1-32H. The fourth-order valence-electron chi connectivity index (χ4n) is 8.63. The zero-order valence-corrected chi connectivity index (χ0v) is 32.9. The topological polar surface area (TPSA) is 69.4 Å². The molecule has 4 aromatic heterocycles. The predicted octanol–water partition coefficient (Wildman–Crippen LogP) is 13.6. The lowest BCUT2D eigenvalue weighted by Gasteiger charge is -2.13. The van der Waals surface area contributed by atoms with Crippen LogP contribution in [0.4, 0.5) is 0 Å². The van der Waals surface area contributed by atoms with Crippen LogP contribution >= 0.6 is 11.7 Å². The van der Waals surface area contributed by atoms with E-state index in [1.165, 1.54) is 33.5 Å². The van der Waals surface area contributed by atoms with E-state index in [1.807, 2.05) is 30.3 Å². The third-order valence-corrected chi connectivity index (χ3v) is 12.0. The van der Waals surface area contributed by atoms with Crippen molar-refractivity contribution in [3.63, 3.8) is 0 Å². The van der Waals surface area contributed by atoms with Gasteiger partial charge in [0.05, 0.1) is 45.4 Å². The van der Waals surface area contributed by atoms with E-state index < -0.39 is 0 Å². The Morgan fingerprint density at radius 3 is 1.72 bits per heavy atom. The molecule has 6 nitrogen and oxygen atoms in total. The van der Waals surface area contributed by atoms with Gasteiger partial charge in [-0.25, -0.2) is 15.0 Å². The van der Waals surface area contributed by atoms with Gasteiger partial charge in [-0.1, -0.05) is 140 Å². The Hall–Kier alpha value is -7.87. The minimum Gasteiger partial charge on any atom is -0.309 e. The van der Waals surface area contributed by atoms with E-state index in [9.17, 15) is 0 Å². The van der Waals surface area contributed by atoms with E-state index >= 15 is 0 Å². The average molecular weight is 785 g/mol. The van der Waals surface area contributed by atoms with Crippen molar-refractivity contribution in [3.8, 4) is 62.0 Å². The molecule has 0 unspecified atom stereocenters. The summed E-state index contributed by atoms with van der Waals surface area (Å²) in [5.41, 5.74) is 15.0. The molecule has 0 bridgehead atoms. The van der Waals surface area contributed by atoms with E-state index in [0.29, 0.717) is 5.82 Å². The molecule has 0 aliphatic rings. The van der Waals surface area contributed by atoms with Crippen molar-refractivity contribution in [1.29, 1.82) is 0 Å². The highest BCUT2D eigenvalue weighted by Gasteiger charge is 2.18. The van der Waals surface area contributed by atoms with Gasteiger partial charge in [-0.15, -0.1) is 0 Å². The number of hydrogen-bond donors (Lipinski definition) is 0. The molecule has 0 radical (unpaired) electrons. The number of fused-ring (bicyclic) bond motifs is 8. The van der Waals surface area contributed by atoms with Crippen LogP contribution in [-0.2, 0) is 0 Å². The number of para-hydroxylation sites is 2. The van der Waals surface area contributed by atoms with E-state index in [4.69, 9.17) is 19.3 Å².